The van der Waals surface area contributed by atoms with Crippen LogP contribution >= 0.6 is 11.3 Å². The smallest absolute Gasteiger partial charge is 0.349 e. The number of carbonyl (C=O) groups is 4. The van der Waals surface area contributed by atoms with E-state index in [1.165, 1.54) is 22.4 Å². The molecule has 0 spiro atoms. The Labute approximate surface area is 283 Å². The molecule has 2 aliphatic heterocycles. The minimum absolute atomic E-state index is 0.0247. The number of hydrogen-bond donors (Lipinski definition) is 3. The number of amides is 4. The summed E-state index contributed by atoms with van der Waals surface area (Å²) in [5, 5.41) is 18.7. The van der Waals surface area contributed by atoms with Gasteiger partial charge in [0.05, 0.1) is 24.3 Å². The molecule has 2 aromatic carbocycles. The van der Waals surface area contributed by atoms with E-state index >= 15 is 0 Å². The lowest BCUT2D eigenvalue weighted by molar-refractivity contribution is -0.137. The van der Waals surface area contributed by atoms with Gasteiger partial charge in [0.25, 0.3) is 5.91 Å². The summed E-state index contributed by atoms with van der Waals surface area (Å²) in [6.07, 6.45) is -2.48. The van der Waals surface area contributed by atoms with Gasteiger partial charge in [0.2, 0.25) is 17.7 Å². The monoisotopic (exact) mass is 694 g/mol. The third-order valence-electron chi connectivity index (χ3n) is 8.56. The minimum atomic E-state index is -4.49. The van der Waals surface area contributed by atoms with Crippen molar-refractivity contribution in [2.45, 2.75) is 63.6 Å². The molecular formula is C33H33F3N8O4S. The van der Waals surface area contributed by atoms with E-state index in [0.717, 1.165) is 29.0 Å². The number of hydrogen-bond acceptors (Lipinski definition) is 8. The van der Waals surface area contributed by atoms with Crippen molar-refractivity contribution in [1.29, 1.82) is 0 Å². The van der Waals surface area contributed by atoms with E-state index < -0.39 is 59.5 Å². The second kappa shape index (κ2) is 13.8. The van der Waals surface area contributed by atoms with Gasteiger partial charge in [0.1, 0.15) is 34.5 Å². The van der Waals surface area contributed by atoms with E-state index in [1.807, 2.05) is 30.3 Å². The third kappa shape index (κ3) is 7.48. The van der Waals surface area contributed by atoms with Crippen molar-refractivity contribution in [1.82, 2.24) is 40.8 Å². The molecule has 4 amide bonds. The number of thiazole rings is 1. The highest BCUT2D eigenvalue weighted by atomic mass is 32.1. The fourth-order valence-corrected chi connectivity index (χ4v) is 6.71. The summed E-state index contributed by atoms with van der Waals surface area (Å²) in [5.41, 5.74) is 0.902. The summed E-state index contributed by atoms with van der Waals surface area (Å²) in [4.78, 5) is 60.6. The predicted molar refractivity (Wildman–Crippen MR) is 172 cm³/mol. The van der Waals surface area contributed by atoms with Gasteiger partial charge in [-0.25, -0.2) is 9.67 Å². The summed E-state index contributed by atoms with van der Waals surface area (Å²) in [6, 6.07) is 10.2. The molecule has 2 aromatic heterocycles. The first kappa shape index (κ1) is 33.8. The SMILES string of the molecule is CC(C)[C@@H]1NC(=O)[C@@H]2C[C@@H](CN2C(=O)c2csc(-c3ccc(C(F)(F)F)cc3)n2)n2cc(nn2)CNC(=O)[C@@H](Cc2ccccc2)NC1=O. The molecule has 4 heterocycles. The fraction of sp³-hybridized carbons (Fsp3) is 0.364. The molecule has 0 unspecified atom stereocenters. The normalized spacial score (nSPS) is 21.8. The van der Waals surface area contributed by atoms with Crippen LogP contribution in [0.15, 0.2) is 66.2 Å². The zero-order chi connectivity index (χ0) is 34.9. The van der Waals surface area contributed by atoms with Gasteiger partial charge in [-0.05, 0) is 23.6 Å². The van der Waals surface area contributed by atoms with Gasteiger partial charge in [0.15, 0.2) is 0 Å². The predicted octanol–water partition coefficient (Wildman–Crippen LogP) is 3.37. The standard InChI is InChI=1S/C33H33F3N8O4S/c1-18(2)27-30(47)38-24(12-19-6-4-3-5-7-19)28(45)37-14-22-15-44(42-41-22)23-13-26(29(46)40-27)43(16-23)32(48)25-17-49-31(39-25)20-8-10-21(11-9-20)33(34,35)36/h3-11,15,17-18,23-24,26-27H,12-14,16H2,1-2H3,(H,37,45)(H,38,47)(H,40,46)/t23-,24+,26-,27-/m0/s1. The molecule has 49 heavy (non-hydrogen) atoms. The van der Waals surface area contributed by atoms with Crippen LogP contribution in [0.4, 0.5) is 13.2 Å². The average molecular weight is 695 g/mol. The van der Waals surface area contributed by atoms with Crippen molar-refractivity contribution < 1.29 is 32.3 Å². The number of alkyl halides is 3. The molecule has 16 heteroatoms. The molecule has 2 aliphatic rings. The molecule has 0 radical (unpaired) electrons. The molecule has 0 saturated carbocycles. The van der Waals surface area contributed by atoms with Crippen molar-refractivity contribution in [2.24, 2.45) is 5.92 Å². The molecule has 0 aliphatic carbocycles. The number of rotatable bonds is 5. The average Bonchev–Trinajstić information content (AvgIpc) is 3.85. The molecule has 3 N–H and O–H groups in total. The molecule has 4 bridgehead atoms. The quantitative estimate of drug-likeness (QED) is 0.290. The maximum atomic E-state index is 13.9. The van der Waals surface area contributed by atoms with Gasteiger partial charge in [-0.3, -0.25) is 19.2 Å². The lowest BCUT2D eigenvalue weighted by Crippen LogP contribution is -2.58. The van der Waals surface area contributed by atoms with Crippen LogP contribution in [-0.4, -0.2) is 73.2 Å². The topological polar surface area (TPSA) is 151 Å². The maximum absolute atomic E-state index is 13.9. The molecule has 6 rings (SSSR count). The molecule has 12 nitrogen and oxygen atoms in total. The minimum Gasteiger partial charge on any atom is -0.349 e. The Morgan fingerprint density at radius 1 is 1.00 bits per heavy atom. The van der Waals surface area contributed by atoms with Crippen molar-refractivity contribution in [3.63, 3.8) is 0 Å². The van der Waals surface area contributed by atoms with Crippen molar-refractivity contribution in [3.8, 4) is 10.6 Å². The number of fused-ring (bicyclic) bond motifs is 5. The van der Waals surface area contributed by atoms with Gasteiger partial charge in [0, 0.05) is 30.3 Å². The van der Waals surface area contributed by atoms with E-state index in [-0.39, 0.29) is 37.5 Å². The Balaban J connectivity index is 1.28. The summed E-state index contributed by atoms with van der Waals surface area (Å²) in [6.45, 7) is 3.63. The van der Waals surface area contributed by atoms with Crippen LogP contribution in [-0.2, 0) is 33.5 Å². The van der Waals surface area contributed by atoms with E-state index in [1.54, 1.807) is 24.7 Å². The van der Waals surface area contributed by atoms with Crippen LogP contribution in [0.1, 0.15) is 53.6 Å². The van der Waals surface area contributed by atoms with E-state index in [2.05, 4.69) is 31.2 Å². The number of carbonyl (C=O) groups excluding carboxylic acids is 4. The number of likely N-dealkylation sites (tertiary alicyclic amines) is 1. The van der Waals surface area contributed by atoms with E-state index in [0.29, 0.717) is 16.3 Å². The molecular weight excluding hydrogens is 661 g/mol. The number of benzene rings is 2. The summed E-state index contributed by atoms with van der Waals surface area (Å²) in [5.74, 6) is -2.47. The van der Waals surface area contributed by atoms with Crippen molar-refractivity contribution >= 4 is 35.0 Å². The van der Waals surface area contributed by atoms with Crippen LogP contribution in [0, 0.1) is 5.92 Å². The summed E-state index contributed by atoms with van der Waals surface area (Å²) >= 11 is 1.09. The van der Waals surface area contributed by atoms with Crippen molar-refractivity contribution in [3.05, 3.63) is 88.7 Å². The van der Waals surface area contributed by atoms with Crippen LogP contribution < -0.4 is 16.0 Å². The van der Waals surface area contributed by atoms with Crippen LogP contribution in [0.5, 0.6) is 0 Å². The number of halogens is 3. The largest absolute Gasteiger partial charge is 0.416 e. The highest BCUT2D eigenvalue weighted by Crippen LogP contribution is 2.33. The fourth-order valence-electron chi connectivity index (χ4n) is 5.91. The molecule has 1 saturated heterocycles. The number of aromatic nitrogens is 4. The Morgan fingerprint density at radius 2 is 1.73 bits per heavy atom. The molecule has 4 aromatic rings. The van der Waals surface area contributed by atoms with Crippen LogP contribution in [0.3, 0.4) is 0 Å². The third-order valence-corrected chi connectivity index (χ3v) is 9.45. The lowest BCUT2D eigenvalue weighted by atomic mass is 10.00. The second-order valence-electron chi connectivity index (χ2n) is 12.4. The first-order chi connectivity index (χ1) is 23.4. The van der Waals surface area contributed by atoms with E-state index in [4.69, 9.17) is 0 Å². The zero-order valence-corrected chi connectivity index (χ0v) is 27.3. The Morgan fingerprint density at radius 3 is 2.43 bits per heavy atom. The highest BCUT2D eigenvalue weighted by Gasteiger charge is 2.43. The van der Waals surface area contributed by atoms with Crippen LogP contribution in [0.25, 0.3) is 10.6 Å². The van der Waals surface area contributed by atoms with Crippen LogP contribution in [0.2, 0.25) is 0 Å². The Bertz CT molecular complexity index is 1840. The number of nitrogens with one attached hydrogen (secondary N) is 3. The summed E-state index contributed by atoms with van der Waals surface area (Å²) < 4.78 is 40.7. The first-order valence-electron chi connectivity index (χ1n) is 15.6. The summed E-state index contributed by atoms with van der Waals surface area (Å²) in [7, 11) is 0. The van der Waals surface area contributed by atoms with Gasteiger partial charge < -0.3 is 20.9 Å². The zero-order valence-electron chi connectivity index (χ0n) is 26.5. The first-order valence-corrected chi connectivity index (χ1v) is 16.5. The second-order valence-corrected chi connectivity index (χ2v) is 13.2. The van der Waals surface area contributed by atoms with E-state index in [9.17, 15) is 32.3 Å². The maximum Gasteiger partial charge on any atom is 0.416 e. The molecule has 256 valence electrons. The number of nitrogens with zero attached hydrogens (tertiary/aromatic N) is 5. The molecule has 4 atom stereocenters. The van der Waals surface area contributed by atoms with Gasteiger partial charge >= 0.3 is 6.18 Å². The Kier molecular flexibility index (Phi) is 9.50. The Hall–Kier alpha value is -5.12. The van der Waals surface area contributed by atoms with Gasteiger partial charge in [-0.15, -0.1) is 16.4 Å². The highest BCUT2D eigenvalue weighted by molar-refractivity contribution is 7.13. The van der Waals surface area contributed by atoms with Gasteiger partial charge in [-0.2, -0.15) is 13.2 Å². The lowest BCUT2D eigenvalue weighted by Gasteiger charge is -2.28. The molecule has 1 fully saturated rings. The van der Waals surface area contributed by atoms with Crippen molar-refractivity contribution in [2.75, 3.05) is 6.54 Å². The van der Waals surface area contributed by atoms with Gasteiger partial charge in [-0.1, -0.05) is 61.5 Å².